The topological polar surface area (TPSA) is 85.8 Å². The van der Waals surface area contributed by atoms with Crippen LogP contribution in [0, 0.1) is 12.8 Å². The Kier molecular flexibility index (Phi) is 5.23. The molecule has 25 heavy (non-hydrogen) atoms. The molecule has 0 aliphatic carbocycles. The van der Waals surface area contributed by atoms with Gasteiger partial charge >= 0.3 is 0 Å². The van der Waals surface area contributed by atoms with Gasteiger partial charge in [0.25, 0.3) is 0 Å². The van der Waals surface area contributed by atoms with Gasteiger partial charge in [0, 0.05) is 18.9 Å². The number of rotatable bonds is 7. The fraction of sp³-hybridized carbons (Fsp3) is 0.333. The van der Waals surface area contributed by atoms with E-state index in [0.29, 0.717) is 24.7 Å². The lowest BCUT2D eigenvalue weighted by Crippen LogP contribution is -2.35. The molecule has 1 N–H and O–H groups in total. The lowest BCUT2D eigenvalue weighted by molar-refractivity contribution is -0.125. The minimum absolute atomic E-state index is 0.0289. The van der Waals surface area contributed by atoms with Crippen LogP contribution in [-0.2, 0) is 17.8 Å². The summed E-state index contributed by atoms with van der Waals surface area (Å²) in [6.07, 6.45) is 5.71. The van der Waals surface area contributed by atoms with Crippen LogP contribution >= 0.6 is 0 Å². The minimum Gasteiger partial charge on any atom is -0.348 e. The molecule has 0 radical (unpaired) electrons. The van der Waals surface area contributed by atoms with Crippen LogP contribution < -0.4 is 5.32 Å². The highest BCUT2D eigenvalue weighted by atomic mass is 16.5. The first-order valence-electron chi connectivity index (χ1n) is 8.22. The van der Waals surface area contributed by atoms with E-state index in [9.17, 15) is 4.79 Å². The summed E-state index contributed by atoms with van der Waals surface area (Å²) in [5, 5.41) is 6.92. The fourth-order valence-corrected chi connectivity index (χ4v) is 2.64. The van der Waals surface area contributed by atoms with Crippen molar-refractivity contribution < 1.29 is 9.32 Å². The molecule has 0 spiro atoms. The molecule has 2 unspecified atom stereocenters. The van der Waals surface area contributed by atoms with Gasteiger partial charge in [-0.3, -0.25) is 4.79 Å². The molecule has 2 aromatic heterocycles. The average Bonchev–Trinajstić information content (AvgIpc) is 3.26. The molecule has 7 heteroatoms. The van der Waals surface area contributed by atoms with Crippen molar-refractivity contribution in [1.82, 2.24) is 25.0 Å². The number of aryl methyl sites for hydroxylation is 1. The smallest absolute Gasteiger partial charge is 0.229 e. The molecular weight excluding hydrogens is 318 g/mol. The molecule has 3 rings (SSSR count). The first-order chi connectivity index (χ1) is 12.1. The second-order valence-corrected chi connectivity index (χ2v) is 6.07. The molecular formula is C18H21N5O2. The molecule has 2 atom stereocenters. The number of benzene rings is 1. The SMILES string of the molecule is Cc1noc(CC(NC(=O)C(C)Cn2ccnc2)c2ccccc2)n1. The van der Waals surface area contributed by atoms with E-state index in [0.717, 1.165) is 5.56 Å². The van der Waals surface area contributed by atoms with Gasteiger partial charge in [0.2, 0.25) is 11.8 Å². The van der Waals surface area contributed by atoms with Gasteiger partial charge in [0.1, 0.15) is 0 Å². The molecule has 0 aliphatic heterocycles. The van der Waals surface area contributed by atoms with Crippen LogP contribution in [-0.4, -0.2) is 25.6 Å². The third-order valence-corrected chi connectivity index (χ3v) is 3.96. The van der Waals surface area contributed by atoms with E-state index < -0.39 is 0 Å². The lowest BCUT2D eigenvalue weighted by atomic mass is 10.0. The monoisotopic (exact) mass is 339 g/mol. The number of hydrogen-bond donors (Lipinski definition) is 1. The van der Waals surface area contributed by atoms with E-state index in [1.807, 2.05) is 48.0 Å². The summed E-state index contributed by atoms with van der Waals surface area (Å²) in [5.74, 6) is 0.874. The number of aromatic nitrogens is 4. The molecule has 1 aromatic carbocycles. The maximum atomic E-state index is 12.6. The standard InChI is InChI=1S/C18H21N5O2/c1-13(11-23-9-8-19-12-23)18(24)21-16(15-6-4-3-5-7-15)10-17-20-14(2)22-25-17/h3-9,12-13,16H,10-11H2,1-2H3,(H,21,24). The first-order valence-corrected chi connectivity index (χ1v) is 8.22. The van der Waals surface area contributed by atoms with Crippen molar-refractivity contribution >= 4 is 5.91 Å². The van der Waals surface area contributed by atoms with Crippen molar-refractivity contribution in [2.45, 2.75) is 32.9 Å². The van der Waals surface area contributed by atoms with Crippen LogP contribution in [0.15, 0.2) is 53.6 Å². The fourth-order valence-electron chi connectivity index (χ4n) is 2.64. The van der Waals surface area contributed by atoms with E-state index in [4.69, 9.17) is 4.52 Å². The Balaban J connectivity index is 1.71. The van der Waals surface area contributed by atoms with Gasteiger partial charge in [-0.2, -0.15) is 4.98 Å². The zero-order valence-electron chi connectivity index (χ0n) is 14.3. The maximum Gasteiger partial charge on any atom is 0.229 e. The molecule has 1 amide bonds. The van der Waals surface area contributed by atoms with Crippen molar-refractivity contribution in [2.24, 2.45) is 5.92 Å². The molecule has 2 heterocycles. The van der Waals surface area contributed by atoms with Crippen LogP contribution in [0.4, 0.5) is 0 Å². The van der Waals surface area contributed by atoms with Gasteiger partial charge in [0.15, 0.2) is 5.82 Å². The lowest BCUT2D eigenvalue weighted by Gasteiger charge is -2.20. The predicted octanol–water partition coefficient (Wildman–Crippen LogP) is 2.31. The predicted molar refractivity (Wildman–Crippen MR) is 91.5 cm³/mol. The van der Waals surface area contributed by atoms with Crippen LogP contribution in [0.25, 0.3) is 0 Å². The number of carbonyl (C=O) groups excluding carboxylic acids is 1. The molecule has 7 nitrogen and oxygen atoms in total. The third-order valence-electron chi connectivity index (χ3n) is 3.96. The molecule has 130 valence electrons. The van der Waals surface area contributed by atoms with E-state index in [1.54, 1.807) is 19.4 Å². The number of carbonyl (C=O) groups is 1. The Hall–Kier alpha value is -2.96. The Morgan fingerprint density at radius 1 is 1.32 bits per heavy atom. The van der Waals surface area contributed by atoms with Crippen LogP contribution in [0.1, 0.15) is 30.2 Å². The quantitative estimate of drug-likeness (QED) is 0.714. The van der Waals surface area contributed by atoms with Gasteiger partial charge < -0.3 is 14.4 Å². The summed E-state index contributed by atoms with van der Waals surface area (Å²) in [7, 11) is 0. The minimum atomic E-state index is -0.223. The number of hydrogen-bond acceptors (Lipinski definition) is 5. The Morgan fingerprint density at radius 3 is 2.76 bits per heavy atom. The molecule has 0 saturated carbocycles. The highest BCUT2D eigenvalue weighted by molar-refractivity contribution is 5.78. The normalized spacial score (nSPS) is 13.4. The number of imidazole rings is 1. The summed E-state index contributed by atoms with van der Waals surface area (Å²) in [5.41, 5.74) is 1.00. The summed E-state index contributed by atoms with van der Waals surface area (Å²) < 4.78 is 7.11. The molecule has 3 aromatic rings. The van der Waals surface area contributed by atoms with Crippen LogP contribution in [0.2, 0.25) is 0 Å². The number of nitrogens with one attached hydrogen (secondary N) is 1. The van der Waals surface area contributed by atoms with E-state index in [1.165, 1.54) is 0 Å². The molecule has 0 bridgehead atoms. The highest BCUT2D eigenvalue weighted by Crippen LogP contribution is 2.18. The van der Waals surface area contributed by atoms with Gasteiger partial charge in [-0.15, -0.1) is 0 Å². The van der Waals surface area contributed by atoms with Crippen LogP contribution in [0.3, 0.4) is 0 Å². The zero-order chi connectivity index (χ0) is 17.6. The van der Waals surface area contributed by atoms with E-state index >= 15 is 0 Å². The zero-order valence-corrected chi connectivity index (χ0v) is 14.3. The Labute approximate surface area is 146 Å². The van der Waals surface area contributed by atoms with Gasteiger partial charge in [-0.05, 0) is 12.5 Å². The van der Waals surface area contributed by atoms with Crippen molar-refractivity contribution in [3.05, 3.63) is 66.3 Å². The third kappa shape index (κ3) is 4.53. The summed E-state index contributed by atoms with van der Waals surface area (Å²) in [4.78, 5) is 20.9. The molecule has 0 fully saturated rings. The largest absolute Gasteiger partial charge is 0.348 e. The van der Waals surface area contributed by atoms with Gasteiger partial charge in [0.05, 0.1) is 24.7 Å². The first kappa shape index (κ1) is 16.9. The number of amides is 1. The molecule has 0 saturated heterocycles. The second-order valence-electron chi connectivity index (χ2n) is 6.07. The van der Waals surface area contributed by atoms with Crippen molar-refractivity contribution in [3.63, 3.8) is 0 Å². The second kappa shape index (κ2) is 7.74. The van der Waals surface area contributed by atoms with Crippen molar-refractivity contribution in [3.8, 4) is 0 Å². The molecule has 0 aliphatic rings. The van der Waals surface area contributed by atoms with Crippen molar-refractivity contribution in [1.29, 1.82) is 0 Å². The van der Waals surface area contributed by atoms with E-state index in [-0.39, 0.29) is 17.9 Å². The van der Waals surface area contributed by atoms with E-state index in [2.05, 4.69) is 20.4 Å². The average molecular weight is 339 g/mol. The Bertz CT molecular complexity index is 798. The summed E-state index contributed by atoms with van der Waals surface area (Å²) in [6.45, 7) is 4.25. The van der Waals surface area contributed by atoms with Crippen molar-refractivity contribution in [2.75, 3.05) is 0 Å². The maximum absolute atomic E-state index is 12.6. The highest BCUT2D eigenvalue weighted by Gasteiger charge is 2.21. The summed E-state index contributed by atoms with van der Waals surface area (Å²) in [6, 6.07) is 9.58. The van der Waals surface area contributed by atoms with Crippen LogP contribution in [0.5, 0.6) is 0 Å². The number of nitrogens with zero attached hydrogens (tertiary/aromatic N) is 4. The van der Waals surface area contributed by atoms with Gasteiger partial charge in [-0.25, -0.2) is 4.98 Å². The van der Waals surface area contributed by atoms with Gasteiger partial charge in [-0.1, -0.05) is 42.4 Å². The summed E-state index contributed by atoms with van der Waals surface area (Å²) >= 11 is 0. The Morgan fingerprint density at radius 2 is 2.12 bits per heavy atom.